The van der Waals surface area contributed by atoms with Crippen molar-refractivity contribution in [2.24, 2.45) is 0 Å². The molecule has 0 unspecified atom stereocenters. The molecule has 0 heterocycles. The topological polar surface area (TPSA) is 52.6 Å². The van der Waals surface area contributed by atoms with Crippen LogP contribution in [-0.2, 0) is 19.1 Å². The Morgan fingerprint density at radius 2 is 1.20 bits per heavy atom. The Hall–Kier alpha value is -0.880. The summed E-state index contributed by atoms with van der Waals surface area (Å²) in [5.74, 6) is 3.06. The summed E-state index contributed by atoms with van der Waals surface area (Å²) in [5.41, 5.74) is 0. The molecule has 0 saturated heterocycles. The van der Waals surface area contributed by atoms with Crippen molar-refractivity contribution >= 4 is 35.5 Å². The average molecular weight is 318 g/mol. The fraction of sp³-hybridized carbons (Fsp3) is 0.571. The van der Waals surface area contributed by atoms with Gasteiger partial charge < -0.3 is 9.47 Å². The van der Waals surface area contributed by atoms with E-state index in [1.165, 1.54) is 12.2 Å². The van der Waals surface area contributed by atoms with E-state index in [9.17, 15) is 9.59 Å². The summed E-state index contributed by atoms with van der Waals surface area (Å²) in [4.78, 5) is 21.5. The van der Waals surface area contributed by atoms with Crippen molar-refractivity contribution in [3.05, 3.63) is 25.3 Å². The second kappa shape index (κ2) is 14.5. The van der Waals surface area contributed by atoms with E-state index in [2.05, 4.69) is 13.2 Å². The van der Waals surface area contributed by atoms with Crippen LogP contribution < -0.4 is 0 Å². The van der Waals surface area contributed by atoms with Gasteiger partial charge in [-0.2, -0.15) is 23.5 Å². The van der Waals surface area contributed by atoms with Crippen LogP contribution in [0.1, 0.15) is 12.8 Å². The minimum Gasteiger partial charge on any atom is -0.462 e. The number of esters is 2. The minimum atomic E-state index is -0.362. The lowest BCUT2D eigenvalue weighted by Crippen LogP contribution is -2.04. The second-order valence-corrected chi connectivity index (χ2v) is 6.12. The summed E-state index contributed by atoms with van der Waals surface area (Å²) in [6.45, 7) is 7.54. The highest BCUT2D eigenvalue weighted by Gasteiger charge is 1.97. The van der Waals surface area contributed by atoms with Crippen LogP contribution in [0, 0.1) is 0 Å². The number of carbonyl (C=O) groups is 2. The predicted molar refractivity (Wildman–Crippen MR) is 86.2 cm³/mol. The van der Waals surface area contributed by atoms with Crippen molar-refractivity contribution in [2.75, 3.05) is 36.2 Å². The van der Waals surface area contributed by atoms with E-state index < -0.39 is 0 Å². The number of unbranched alkanes of at least 4 members (excludes halogenated alkanes) is 1. The van der Waals surface area contributed by atoms with E-state index >= 15 is 0 Å². The molecule has 0 aromatic rings. The molecule has 0 aliphatic carbocycles. The average Bonchev–Trinajstić information content (AvgIpc) is 2.47. The summed E-state index contributed by atoms with van der Waals surface area (Å²) in [5, 5.41) is 0. The largest absolute Gasteiger partial charge is 0.462 e. The molecule has 0 saturated carbocycles. The van der Waals surface area contributed by atoms with Gasteiger partial charge in [0, 0.05) is 23.7 Å². The van der Waals surface area contributed by atoms with Gasteiger partial charge in [-0.05, 0) is 24.3 Å². The van der Waals surface area contributed by atoms with Crippen LogP contribution >= 0.6 is 23.5 Å². The maximum absolute atomic E-state index is 10.7. The third-order valence-electron chi connectivity index (χ3n) is 2.10. The molecule has 0 bridgehead atoms. The fourth-order valence-corrected chi connectivity index (χ4v) is 2.76. The third-order valence-corrected chi connectivity index (χ3v) is 4.17. The van der Waals surface area contributed by atoms with E-state index in [1.54, 1.807) is 23.5 Å². The molecule has 6 heteroatoms. The zero-order chi connectivity index (χ0) is 15.1. The first kappa shape index (κ1) is 19.1. The summed E-state index contributed by atoms with van der Waals surface area (Å²) in [6.07, 6.45) is 4.63. The van der Waals surface area contributed by atoms with Crippen molar-refractivity contribution < 1.29 is 19.1 Å². The zero-order valence-corrected chi connectivity index (χ0v) is 13.3. The van der Waals surface area contributed by atoms with E-state index in [0.717, 1.165) is 35.9 Å². The van der Waals surface area contributed by atoms with Crippen LogP contribution in [0.4, 0.5) is 0 Å². The SMILES string of the molecule is C=CC(=O)OCCSCCCCSCCOC(=O)C=C. The Kier molecular flexibility index (Phi) is 13.9. The van der Waals surface area contributed by atoms with Crippen LogP contribution in [0.15, 0.2) is 25.3 Å². The third kappa shape index (κ3) is 13.5. The van der Waals surface area contributed by atoms with Crippen molar-refractivity contribution in [1.29, 1.82) is 0 Å². The molecule has 4 nitrogen and oxygen atoms in total. The highest BCUT2D eigenvalue weighted by molar-refractivity contribution is 7.99. The van der Waals surface area contributed by atoms with E-state index in [4.69, 9.17) is 9.47 Å². The van der Waals surface area contributed by atoms with Crippen LogP contribution in [0.2, 0.25) is 0 Å². The Labute approximate surface area is 129 Å². The molecule has 0 radical (unpaired) electrons. The first-order chi connectivity index (χ1) is 9.70. The number of hydrogen-bond donors (Lipinski definition) is 0. The predicted octanol–water partition coefficient (Wildman–Crippen LogP) is 2.69. The van der Waals surface area contributed by atoms with Gasteiger partial charge in [-0.3, -0.25) is 0 Å². The monoisotopic (exact) mass is 318 g/mol. The van der Waals surface area contributed by atoms with E-state index in [-0.39, 0.29) is 11.9 Å². The van der Waals surface area contributed by atoms with Gasteiger partial charge in [-0.25, -0.2) is 9.59 Å². The summed E-state index contributed by atoms with van der Waals surface area (Å²) < 4.78 is 9.72. The summed E-state index contributed by atoms with van der Waals surface area (Å²) in [6, 6.07) is 0. The molecule has 0 rings (SSSR count). The molecule has 0 N–H and O–H groups in total. The summed E-state index contributed by atoms with van der Waals surface area (Å²) in [7, 11) is 0. The van der Waals surface area contributed by atoms with Gasteiger partial charge >= 0.3 is 11.9 Å². The molecule has 114 valence electrons. The first-order valence-electron chi connectivity index (χ1n) is 6.44. The van der Waals surface area contributed by atoms with E-state index in [1.807, 2.05) is 0 Å². The van der Waals surface area contributed by atoms with Crippen LogP contribution in [0.3, 0.4) is 0 Å². The molecule has 0 aliphatic heterocycles. The highest BCUT2D eigenvalue weighted by atomic mass is 32.2. The number of thioether (sulfide) groups is 2. The van der Waals surface area contributed by atoms with Crippen molar-refractivity contribution in [2.45, 2.75) is 12.8 Å². The first-order valence-corrected chi connectivity index (χ1v) is 8.75. The van der Waals surface area contributed by atoms with Gasteiger partial charge in [0.1, 0.15) is 13.2 Å². The number of ether oxygens (including phenoxy) is 2. The molecule has 0 aromatic heterocycles. The minimum absolute atomic E-state index is 0.362. The number of carbonyl (C=O) groups excluding carboxylic acids is 2. The molecule has 0 fully saturated rings. The molecule has 0 atom stereocenters. The number of hydrogen-bond acceptors (Lipinski definition) is 6. The zero-order valence-electron chi connectivity index (χ0n) is 11.7. The lowest BCUT2D eigenvalue weighted by Gasteiger charge is -2.04. The quantitative estimate of drug-likeness (QED) is 0.296. The summed E-state index contributed by atoms with van der Waals surface area (Å²) >= 11 is 3.56. The Balaban J connectivity index is 3.09. The molecule has 0 amide bonds. The lowest BCUT2D eigenvalue weighted by molar-refractivity contribution is -0.138. The Morgan fingerprint density at radius 1 is 0.800 bits per heavy atom. The molecule has 0 aliphatic rings. The van der Waals surface area contributed by atoms with Gasteiger partial charge in [0.15, 0.2) is 0 Å². The van der Waals surface area contributed by atoms with Crippen LogP contribution in [-0.4, -0.2) is 48.2 Å². The smallest absolute Gasteiger partial charge is 0.330 e. The maximum atomic E-state index is 10.7. The lowest BCUT2D eigenvalue weighted by atomic mass is 10.4. The van der Waals surface area contributed by atoms with Gasteiger partial charge in [-0.1, -0.05) is 13.2 Å². The van der Waals surface area contributed by atoms with Crippen molar-refractivity contribution in [3.63, 3.8) is 0 Å². The normalized spacial score (nSPS) is 9.80. The van der Waals surface area contributed by atoms with E-state index in [0.29, 0.717) is 13.2 Å². The molecule has 20 heavy (non-hydrogen) atoms. The molecule has 0 spiro atoms. The van der Waals surface area contributed by atoms with Crippen molar-refractivity contribution in [3.8, 4) is 0 Å². The van der Waals surface area contributed by atoms with Gasteiger partial charge in [-0.15, -0.1) is 0 Å². The number of rotatable bonds is 13. The second-order valence-electron chi connectivity index (χ2n) is 3.68. The standard InChI is InChI=1S/C14H22O4S2/c1-3-13(15)17-7-11-19-9-5-6-10-20-12-8-18-14(16)4-2/h3-4H,1-2,5-12H2. The van der Waals surface area contributed by atoms with Gasteiger partial charge in [0.25, 0.3) is 0 Å². The Morgan fingerprint density at radius 3 is 1.55 bits per heavy atom. The van der Waals surface area contributed by atoms with Crippen molar-refractivity contribution in [1.82, 2.24) is 0 Å². The fourth-order valence-electron chi connectivity index (χ4n) is 1.13. The maximum Gasteiger partial charge on any atom is 0.330 e. The Bertz CT molecular complexity index is 276. The van der Waals surface area contributed by atoms with Gasteiger partial charge in [0.2, 0.25) is 0 Å². The van der Waals surface area contributed by atoms with Gasteiger partial charge in [0.05, 0.1) is 0 Å². The molecular weight excluding hydrogens is 296 g/mol. The molecule has 0 aromatic carbocycles. The highest BCUT2D eigenvalue weighted by Crippen LogP contribution is 2.09. The van der Waals surface area contributed by atoms with Crippen LogP contribution in [0.25, 0.3) is 0 Å². The van der Waals surface area contributed by atoms with Crippen LogP contribution in [0.5, 0.6) is 0 Å². The molecular formula is C14H22O4S2.